The van der Waals surface area contributed by atoms with Gasteiger partial charge in [0.1, 0.15) is 5.75 Å². The smallest absolute Gasteiger partial charge is 0.156 e. The van der Waals surface area contributed by atoms with Crippen molar-refractivity contribution < 1.29 is 9.90 Å². The van der Waals surface area contributed by atoms with Gasteiger partial charge in [-0.15, -0.1) is 0 Å². The van der Waals surface area contributed by atoms with Crippen LogP contribution in [-0.2, 0) is 10.2 Å². The van der Waals surface area contributed by atoms with Gasteiger partial charge in [-0.1, -0.05) is 25.1 Å². The quantitative estimate of drug-likeness (QED) is 0.862. The standard InChI is InChI=1S/C20H27NO2/c1-13-6-7-14(2)18(23)17(13)20-10-11-21(5)15(3)19(20,4)9-8-16(22)12-20/h6-9,15,23H,10-12H2,1-5H3. The number of hydrogen-bond donors (Lipinski definition) is 1. The molecule has 124 valence electrons. The Labute approximate surface area is 139 Å². The van der Waals surface area contributed by atoms with Crippen LogP contribution in [0.4, 0.5) is 0 Å². The summed E-state index contributed by atoms with van der Waals surface area (Å²) in [5.74, 6) is 0.538. The molecule has 1 heterocycles. The van der Waals surface area contributed by atoms with Crippen LogP contribution in [0.1, 0.15) is 43.4 Å². The number of hydrogen-bond acceptors (Lipinski definition) is 3. The topological polar surface area (TPSA) is 40.5 Å². The predicted octanol–water partition coefficient (Wildman–Crippen LogP) is 3.51. The first-order valence-corrected chi connectivity index (χ1v) is 8.45. The number of phenols is 1. The van der Waals surface area contributed by atoms with E-state index in [9.17, 15) is 9.90 Å². The van der Waals surface area contributed by atoms with Crippen molar-refractivity contribution in [1.29, 1.82) is 0 Å². The Balaban J connectivity index is 2.31. The monoisotopic (exact) mass is 313 g/mol. The number of aromatic hydroxyl groups is 1. The zero-order chi connectivity index (χ0) is 17.0. The summed E-state index contributed by atoms with van der Waals surface area (Å²) in [7, 11) is 2.15. The lowest BCUT2D eigenvalue weighted by atomic mass is 9.50. The van der Waals surface area contributed by atoms with E-state index in [4.69, 9.17) is 0 Å². The van der Waals surface area contributed by atoms with Gasteiger partial charge in [-0.3, -0.25) is 4.79 Å². The number of rotatable bonds is 1. The molecule has 3 atom stereocenters. The van der Waals surface area contributed by atoms with Crippen LogP contribution < -0.4 is 0 Å². The molecule has 3 heteroatoms. The zero-order valence-corrected chi connectivity index (χ0v) is 14.8. The number of carbonyl (C=O) groups excluding carboxylic acids is 1. The van der Waals surface area contributed by atoms with Crippen molar-refractivity contribution in [1.82, 2.24) is 4.90 Å². The average Bonchev–Trinajstić information content (AvgIpc) is 2.50. The van der Waals surface area contributed by atoms with Crippen LogP contribution in [0.2, 0.25) is 0 Å². The molecule has 1 fully saturated rings. The third kappa shape index (κ3) is 2.09. The van der Waals surface area contributed by atoms with E-state index in [0.29, 0.717) is 18.2 Å². The fourth-order valence-corrected chi connectivity index (χ4v) is 4.77. The van der Waals surface area contributed by atoms with Crippen molar-refractivity contribution in [2.24, 2.45) is 5.41 Å². The molecule has 1 N–H and O–H groups in total. The van der Waals surface area contributed by atoms with Crippen LogP contribution in [0.5, 0.6) is 5.75 Å². The molecular formula is C20H27NO2. The van der Waals surface area contributed by atoms with Crippen LogP contribution in [0.25, 0.3) is 0 Å². The first-order chi connectivity index (χ1) is 10.7. The van der Waals surface area contributed by atoms with E-state index in [2.05, 4.69) is 44.9 Å². The molecule has 1 aromatic rings. The van der Waals surface area contributed by atoms with Crippen molar-refractivity contribution >= 4 is 5.78 Å². The molecule has 0 spiro atoms. The SMILES string of the molecule is Cc1ccc(C)c(C23CCN(C)C(C)C2(C)C=CC(=O)C3)c1O. The number of fused-ring (bicyclic) bond motifs is 1. The molecule has 0 saturated carbocycles. The van der Waals surface area contributed by atoms with Gasteiger partial charge in [0, 0.05) is 28.9 Å². The number of nitrogens with zero attached hydrogens (tertiary/aromatic N) is 1. The van der Waals surface area contributed by atoms with Gasteiger partial charge in [0.25, 0.3) is 0 Å². The summed E-state index contributed by atoms with van der Waals surface area (Å²) in [5, 5.41) is 10.9. The van der Waals surface area contributed by atoms with Gasteiger partial charge in [0.2, 0.25) is 0 Å². The van der Waals surface area contributed by atoms with Gasteiger partial charge in [-0.25, -0.2) is 0 Å². The van der Waals surface area contributed by atoms with Crippen molar-refractivity contribution in [2.75, 3.05) is 13.6 Å². The normalized spacial score (nSPS) is 34.5. The molecule has 1 aliphatic carbocycles. The number of likely N-dealkylation sites (tertiary alicyclic amines) is 1. The van der Waals surface area contributed by atoms with Gasteiger partial charge in [0.15, 0.2) is 5.78 Å². The number of piperidine rings is 1. The Morgan fingerprint density at radius 3 is 2.61 bits per heavy atom. The van der Waals surface area contributed by atoms with Gasteiger partial charge in [-0.05, 0) is 58.0 Å². The molecule has 3 unspecified atom stereocenters. The molecule has 0 bridgehead atoms. The molecule has 0 radical (unpaired) electrons. The second kappa shape index (κ2) is 5.20. The number of phenolic OH excluding ortho intramolecular Hbond substituents is 1. The first-order valence-electron chi connectivity index (χ1n) is 8.45. The minimum Gasteiger partial charge on any atom is -0.507 e. The second-order valence-corrected chi connectivity index (χ2v) is 7.67. The Bertz CT molecular complexity index is 693. The highest BCUT2D eigenvalue weighted by Gasteiger charge is 2.57. The van der Waals surface area contributed by atoms with E-state index in [1.165, 1.54) is 0 Å². The number of benzene rings is 1. The Morgan fingerprint density at radius 1 is 1.26 bits per heavy atom. The number of allylic oxidation sites excluding steroid dienone is 1. The zero-order valence-electron chi connectivity index (χ0n) is 14.8. The minimum atomic E-state index is -0.328. The molecular weight excluding hydrogens is 286 g/mol. The summed E-state index contributed by atoms with van der Waals surface area (Å²) in [6.45, 7) is 9.40. The van der Waals surface area contributed by atoms with Crippen LogP contribution >= 0.6 is 0 Å². The van der Waals surface area contributed by atoms with Crippen molar-refractivity contribution in [3.05, 3.63) is 41.0 Å². The summed E-state index contributed by atoms with van der Waals surface area (Å²) in [6.07, 6.45) is 5.21. The summed E-state index contributed by atoms with van der Waals surface area (Å²) in [6, 6.07) is 4.34. The second-order valence-electron chi connectivity index (χ2n) is 7.67. The third-order valence-electron chi connectivity index (χ3n) is 6.61. The molecule has 0 amide bonds. The largest absolute Gasteiger partial charge is 0.507 e. The molecule has 2 aliphatic rings. The summed E-state index contributed by atoms with van der Waals surface area (Å²) >= 11 is 0. The fraction of sp³-hybridized carbons (Fsp3) is 0.550. The van der Waals surface area contributed by atoms with Gasteiger partial charge in [-0.2, -0.15) is 0 Å². The molecule has 0 aromatic heterocycles. The third-order valence-corrected chi connectivity index (χ3v) is 6.61. The van der Waals surface area contributed by atoms with E-state index in [1.54, 1.807) is 6.08 Å². The van der Waals surface area contributed by atoms with E-state index in [1.807, 2.05) is 13.0 Å². The number of ketones is 1. The van der Waals surface area contributed by atoms with Crippen LogP contribution in [0, 0.1) is 19.3 Å². The van der Waals surface area contributed by atoms with Gasteiger partial charge >= 0.3 is 0 Å². The van der Waals surface area contributed by atoms with Gasteiger partial charge in [0.05, 0.1) is 0 Å². The average molecular weight is 313 g/mol. The molecule has 23 heavy (non-hydrogen) atoms. The van der Waals surface area contributed by atoms with Crippen molar-refractivity contribution in [2.45, 2.75) is 52.0 Å². The highest BCUT2D eigenvalue weighted by Crippen LogP contribution is 2.58. The molecule has 1 aliphatic heterocycles. The molecule has 1 saturated heterocycles. The van der Waals surface area contributed by atoms with E-state index >= 15 is 0 Å². The lowest BCUT2D eigenvalue weighted by Crippen LogP contribution is -2.61. The Hall–Kier alpha value is -1.61. The van der Waals surface area contributed by atoms with E-state index in [0.717, 1.165) is 29.7 Å². The first kappa shape index (κ1) is 16.3. The molecule has 3 nitrogen and oxygen atoms in total. The maximum Gasteiger partial charge on any atom is 0.156 e. The Kier molecular flexibility index (Phi) is 3.68. The summed E-state index contributed by atoms with van der Waals surface area (Å²) in [4.78, 5) is 14.7. The molecule has 1 aromatic carbocycles. The van der Waals surface area contributed by atoms with Gasteiger partial charge < -0.3 is 10.0 Å². The fourth-order valence-electron chi connectivity index (χ4n) is 4.77. The lowest BCUT2D eigenvalue weighted by molar-refractivity contribution is -0.120. The van der Waals surface area contributed by atoms with Crippen LogP contribution in [-0.4, -0.2) is 35.4 Å². The van der Waals surface area contributed by atoms with Crippen LogP contribution in [0.3, 0.4) is 0 Å². The summed E-state index contributed by atoms with van der Waals surface area (Å²) < 4.78 is 0. The number of carbonyl (C=O) groups is 1. The predicted molar refractivity (Wildman–Crippen MR) is 92.8 cm³/mol. The lowest BCUT2D eigenvalue weighted by Gasteiger charge is -2.59. The van der Waals surface area contributed by atoms with Crippen molar-refractivity contribution in [3.63, 3.8) is 0 Å². The maximum atomic E-state index is 12.4. The number of aryl methyl sites for hydroxylation is 2. The molecule has 3 rings (SSSR count). The van der Waals surface area contributed by atoms with Crippen molar-refractivity contribution in [3.8, 4) is 5.75 Å². The Morgan fingerprint density at radius 2 is 1.91 bits per heavy atom. The van der Waals surface area contributed by atoms with E-state index < -0.39 is 0 Å². The maximum absolute atomic E-state index is 12.4. The van der Waals surface area contributed by atoms with E-state index in [-0.39, 0.29) is 16.6 Å². The van der Waals surface area contributed by atoms with Crippen LogP contribution in [0.15, 0.2) is 24.3 Å². The highest BCUT2D eigenvalue weighted by atomic mass is 16.3. The highest BCUT2D eigenvalue weighted by molar-refractivity contribution is 5.92. The minimum absolute atomic E-state index is 0.166. The summed E-state index contributed by atoms with van der Waals surface area (Å²) in [5.41, 5.74) is 2.45.